The number of hydrogen-bond acceptors (Lipinski definition) is 7. The maximum absolute atomic E-state index is 13.3. The molecule has 2 aromatic carbocycles. The summed E-state index contributed by atoms with van der Waals surface area (Å²) >= 11 is 0. The van der Waals surface area contributed by atoms with Crippen LogP contribution in [0, 0.1) is 11.8 Å². The predicted molar refractivity (Wildman–Crippen MR) is 182 cm³/mol. The van der Waals surface area contributed by atoms with Crippen LogP contribution in [0.5, 0.6) is 0 Å². The van der Waals surface area contributed by atoms with Crippen LogP contribution >= 0.6 is 0 Å². The summed E-state index contributed by atoms with van der Waals surface area (Å²) in [6.45, 7) is 13.8. The minimum absolute atomic E-state index is 0.00778. The van der Waals surface area contributed by atoms with Crippen LogP contribution in [-0.4, -0.2) is 48.5 Å². The first kappa shape index (κ1) is 34.7. The lowest BCUT2D eigenvalue weighted by Crippen LogP contribution is -2.30. The molecule has 0 fully saturated rings. The molecular formula is C37H43N5O5. The fourth-order valence-corrected chi connectivity index (χ4v) is 5.52. The van der Waals surface area contributed by atoms with Crippen LogP contribution in [0.1, 0.15) is 98.0 Å². The van der Waals surface area contributed by atoms with Gasteiger partial charge in [-0.1, -0.05) is 102 Å². The molecule has 10 nitrogen and oxygen atoms in total. The van der Waals surface area contributed by atoms with Crippen LogP contribution in [-0.2, 0) is 16.6 Å². The highest BCUT2D eigenvalue weighted by Gasteiger charge is 2.31. The Bertz CT molecular complexity index is 1920. The molecule has 0 saturated heterocycles. The third-order valence-electron chi connectivity index (χ3n) is 7.94. The summed E-state index contributed by atoms with van der Waals surface area (Å²) in [7, 11) is 1.87. The van der Waals surface area contributed by atoms with E-state index in [0.717, 1.165) is 17.0 Å². The zero-order chi connectivity index (χ0) is 34.4. The molecule has 0 spiro atoms. The first-order chi connectivity index (χ1) is 22.4. The number of carbonyl (C=O) groups excluding carboxylic acids is 3. The van der Waals surface area contributed by atoms with Crippen molar-refractivity contribution in [2.75, 3.05) is 6.61 Å². The van der Waals surface area contributed by atoms with Crippen LogP contribution in [0.15, 0.2) is 77.7 Å². The van der Waals surface area contributed by atoms with Crippen molar-refractivity contribution in [1.82, 2.24) is 24.4 Å². The second kappa shape index (κ2) is 15.0. The van der Waals surface area contributed by atoms with Crippen LogP contribution in [0.4, 0.5) is 0 Å². The molecule has 10 heteroatoms. The second-order valence-corrected chi connectivity index (χ2v) is 12.3. The van der Waals surface area contributed by atoms with Crippen molar-refractivity contribution in [2.24, 2.45) is 18.9 Å². The van der Waals surface area contributed by atoms with Crippen LogP contribution in [0.25, 0.3) is 16.9 Å². The average Bonchev–Trinajstić information content (AvgIpc) is 3.73. The van der Waals surface area contributed by atoms with Gasteiger partial charge in [0.15, 0.2) is 11.4 Å². The Kier molecular flexibility index (Phi) is 11.1. The number of benzene rings is 2. The number of aromatic nitrogens is 5. The van der Waals surface area contributed by atoms with Gasteiger partial charge in [0.25, 0.3) is 5.56 Å². The number of carbonyl (C=O) groups is 3. The molecule has 3 heterocycles. The number of H-pyrrole nitrogens is 1. The molecule has 0 bridgehead atoms. The molecule has 5 aromatic rings. The van der Waals surface area contributed by atoms with Gasteiger partial charge in [0.2, 0.25) is 5.78 Å². The Morgan fingerprint density at radius 3 is 2.04 bits per heavy atom. The summed E-state index contributed by atoms with van der Waals surface area (Å²) in [6, 6.07) is 20.4. The Balaban J connectivity index is 0.000000251. The molecule has 5 rings (SSSR count). The van der Waals surface area contributed by atoms with Gasteiger partial charge < -0.3 is 9.30 Å². The minimum atomic E-state index is -0.711. The van der Waals surface area contributed by atoms with E-state index >= 15 is 0 Å². The number of rotatable bonds is 10. The standard InChI is InChI=1S/C23H25N5O2.C14H18O3/c1-13(2)17-11-18(26-25-17)21(29)16-12-24-28-22(16)27(5)20(15-9-7-6-8-10-15)19(14(3)4)23(28)30;1-4-17-14(16)12(10(2)3)13(15)11-8-6-5-7-9-11/h6-14H,1-5H3,(H,25,26);5-10,12H,4H2,1-3H3. The van der Waals surface area contributed by atoms with E-state index in [2.05, 4.69) is 15.3 Å². The van der Waals surface area contributed by atoms with E-state index in [1.165, 1.54) is 10.7 Å². The molecule has 246 valence electrons. The molecule has 1 unspecified atom stereocenters. The Hall–Kier alpha value is -5.12. The lowest BCUT2D eigenvalue weighted by atomic mass is 9.88. The van der Waals surface area contributed by atoms with E-state index in [0.29, 0.717) is 34.6 Å². The number of esters is 1. The van der Waals surface area contributed by atoms with E-state index < -0.39 is 11.9 Å². The van der Waals surface area contributed by atoms with Crippen molar-refractivity contribution in [3.8, 4) is 11.3 Å². The van der Waals surface area contributed by atoms with Gasteiger partial charge in [-0.2, -0.15) is 14.7 Å². The maximum atomic E-state index is 13.3. The second-order valence-electron chi connectivity index (χ2n) is 12.3. The number of ether oxygens (including phenoxy) is 1. The van der Waals surface area contributed by atoms with Gasteiger partial charge in [-0.25, -0.2) is 0 Å². The number of Topliss-reactive ketones (excluding diaryl/α,β-unsaturated/α-hetero) is 1. The van der Waals surface area contributed by atoms with Gasteiger partial charge in [-0.05, 0) is 36.3 Å². The predicted octanol–water partition coefficient (Wildman–Crippen LogP) is 6.61. The summed E-state index contributed by atoms with van der Waals surface area (Å²) in [5, 5.41) is 11.4. The normalized spacial score (nSPS) is 11.9. The van der Waals surface area contributed by atoms with Crippen LogP contribution < -0.4 is 5.56 Å². The van der Waals surface area contributed by atoms with Gasteiger partial charge in [-0.15, -0.1) is 0 Å². The van der Waals surface area contributed by atoms with Crippen LogP contribution in [0.2, 0.25) is 0 Å². The molecule has 0 amide bonds. The smallest absolute Gasteiger partial charge is 0.317 e. The molecule has 0 radical (unpaired) electrons. The molecular weight excluding hydrogens is 594 g/mol. The summed E-state index contributed by atoms with van der Waals surface area (Å²) in [5.41, 5.74) is 4.74. The van der Waals surface area contributed by atoms with E-state index in [-0.39, 0.29) is 34.9 Å². The van der Waals surface area contributed by atoms with Gasteiger partial charge in [-0.3, -0.25) is 24.3 Å². The molecule has 0 aliphatic carbocycles. The molecule has 0 aliphatic rings. The highest BCUT2D eigenvalue weighted by molar-refractivity contribution is 6.11. The number of ketones is 2. The first-order valence-corrected chi connectivity index (χ1v) is 15.9. The van der Waals surface area contributed by atoms with Gasteiger partial charge in [0, 0.05) is 23.9 Å². The third kappa shape index (κ3) is 7.32. The lowest BCUT2D eigenvalue weighted by Gasteiger charge is -2.18. The van der Waals surface area contributed by atoms with Crippen molar-refractivity contribution in [3.05, 3.63) is 111 Å². The van der Waals surface area contributed by atoms with E-state index in [4.69, 9.17) is 4.74 Å². The SMILES string of the molecule is CC(C)c1cc(C(=O)c2cnn3c(=O)c(C(C)C)c(-c4ccccc4)n(C)c23)n[nH]1.CCOC(=O)C(C(=O)c1ccccc1)C(C)C. The summed E-state index contributed by atoms with van der Waals surface area (Å²) in [4.78, 5) is 50.5. The molecule has 0 saturated carbocycles. The van der Waals surface area contributed by atoms with E-state index in [1.54, 1.807) is 37.3 Å². The molecule has 3 aromatic heterocycles. The zero-order valence-electron chi connectivity index (χ0n) is 28.3. The van der Waals surface area contributed by atoms with E-state index in [1.807, 2.05) is 89.6 Å². The fourth-order valence-electron chi connectivity index (χ4n) is 5.52. The topological polar surface area (TPSA) is 128 Å². The van der Waals surface area contributed by atoms with E-state index in [9.17, 15) is 19.2 Å². The number of fused-ring (bicyclic) bond motifs is 1. The van der Waals surface area contributed by atoms with Gasteiger partial charge in [0.05, 0.1) is 24.1 Å². The maximum Gasteiger partial charge on any atom is 0.317 e. The fraction of sp³-hybridized carbons (Fsp3) is 0.351. The Morgan fingerprint density at radius 1 is 0.894 bits per heavy atom. The Morgan fingerprint density at radius 2 is 1.51 bits per heavy atom. The highest BCUT2D eigenvalue weighted by atomic mass is 16.5. The molecule has 1 N–H and O–H groups in total. The van der Waals surface area contributed by atoms with Gasteiger partial charge >= 0.3 is 5.97 Å². The van der Waals surface area contributed by atoms with Crippen molar-refractivity contribution in [3.63, 3.8) is 0 Å². The molecule has 0 aliphatic heterocycles. The Labute approximate surface area is 274 Å². The quantitative estimate of drug-likeness (QED) is 0.104. The van der Waals surface area contributed by atoms with Crippen molar-refractivity contribution < 1.29 is 19.1 Å². The zero-order valence-corrected chi connectivity index (χ0v) is 28.3. The minimum Gasteiger partial charge on any atom is -0.465 e. The largest absolute Gasteiger partial charge is 0.465 e. The lowest BCUT2D eigenvalue weighted by molar-refractivity contribution is -0.147. The molecule has 1 atom stereocenters. The number of hydrogen-bond donors (Lipinski definition) is 1. The number of aromatic amines is 1. The van der Waals surface area contributed by atoms with Gasteiger partial charge in [0.1, 0.15) is 11.6 Å². The monoisotopic (exact) mass is 637 g/mol. The summed E-state index contributed by atoms with van der Waals surface area (Å²) in [5.74, 6) is -1.42. The van der Waals surface area contributed by atoms with Crippen LogP contribution in [0.3, 0.4) is 0 Å². The average molecular weight is 638 g/mol. The third-order valence-corrected chi connectivity index (χ3v) is 7.94. The number of nitrogens with one attached hydrogen (secondary N) is 1. The number of nitrogens with zero attached hydrogens (tertiary/aromatic N) is 4. The van der Waals surface area contributed by atoms with Crippen molar-refractivity contribution >= 4 is 23.2 Å². The first-order valence-electron chi connectivity index (χ1n) is 15.9. The van der Waals surface area contributed by atoms with Crippen molar-refractivity contribution in [1.29, 1.82) is 0 Å². The summed E-state index contributed by atoms with van der Waals surface area (Å²) < 4.78 is 8.16. The number of aryl methyl sites for hydroxylation is 1. The summed E-state index contributed by atoms with van der Waals surface area (Å²) in [6.07, 6.45) is 1.46. The molecule has 47 heavy (non-hydrogen) atoms. The highest BCUT2D eigenvalue weighted by Crippen LogP contribution is 2.29. The van der Waals surface area contributed by atoms with Crippen molar-refractivity contribution in [2.45, 2.75) is 60.3 Å².